The number of fused-ring (bicyclic) bond motifs is 1. The van der Waals surface area contributed by atoms with Crippen LogP contribution in [0.5, 0.6) is 5.75 Å². The molecule has 1 aromatic heterocycles. The summed E-state index contributed by atoms with van der Waals surface area (Å²) >= 11 is 0. The van der Waals surface area contributed by atoms with Crippen molar-refractivity contribution in [1.29, 1.82) is 0 Å². The number of nitrogens with zero attached hydrogens (tertiary/aromatic N) is 2. The molecular weight excluding hydrogens is 252 g/mol. The van der Waals surface area contributed by atoms with Gasteiger partial charge in [0.25, 0.3) is 0 Å². The Bertz CT molecular complexity index is 791. The van der Waals surface area contributed by atoms with E-state index in [1.807, 2.05) is 36.7 Å². The van der Waals surface area contributed by atoms with Gasteiger partial charge in [0.15, 0.2) is 0 Å². The van der Waals surface area contributed by atoms with Crippen molar-refractivity contribution in [2.75, 3.05) is 0 Å². The second-order valence-corrected chi connectivity index (χ2v) is 4.99. The lowest BCUT2D eigenvalue weighted by atomic mass is 10.1. The van der Waals surface area contributed by atoms with Gasteiger partial charge in [-0.25, -0.2) is 4.68 Å². The van der Waals surface area contributed by atoms with Crippen molar-refractivity contribution in [3.05, 3.63) is 53.2 Å². The Morgan fingerprint density at radius 2 is 1.90 bits per heavy atom. The van der Waals surface area contributed by atoms with E-state index < -0.39 is 0 Å². The molecule has 0 saturated carbocycles. The van der Waals surface area contributed by atoms with Gasteiger partial charge < -0.3 is 10.2 Å². The van der Waals surface area contributed by atoms with Gasteiger partial charge in [-0.05, 0) is 38.1 Å². The minimum atomic E-state index is -0.0299. The van der Waals surface area contributed by atoms with E-state index in [1.54, 1.807) is 18.2 Å². The fourth-order valence-electron chi connectivity index (χ4n) is 2.48. The van der Waals surface area contributed by atoms with Crippen molar-refractivity contribution in [2.45, 2.75) is 20.5 Å². The van der Waals surface area contributed by atoms with Crippen molar-refractivity contribution in [2.24, 2.45) is 0 Å². The number of aromatic hydroxyl groups is 1. The fourth-order valence-corrected chi connectivity index (χ4v) is 2.48. The molecular formula is C16H16N2O2. The molecule has 0 unspecified atom stereocenters. The third-order valence-electron chi connectivity index (χ3n) is 3.53. The zero-order chi connectivity index (χ0) is 14.3. The largest absolute Gasteiger partial charge is 0.508 e. The second-order valence-electron chi connectivity index (χ2n) is 4.99. The average Bonchev–Trinajstić information content (AvgIpc) is 2.76. The third kappa shape index (κ3) is 1.94. The van der Waals surface area contributed by atoms with E-state index in [0.717, 1.165) is 33.4 Å². The maximum atomic E-state index is 9.59. The Morgan fingerprint density at radius 3 is 2.65 bits per heavy atom. The Balaban J connectivity index is 2.27. The molecule has 2 aromatic carbocycles. The molecule has 0 saturated heterocycles. The summed E-state index contributed by atoms with van der Waals surface area (Å²) in [5, 5.41) is 24.6. The van der Waals surface area contributed by atoms with Gasteiger partial charge in [-0.3, -0.25) is 0 Å². The van der Waals surface area contributed by atoms with Crippen molar-refractivity contribution < 1.29 is 10.2 Å². The van der Waals surface area contributed by atoms with E-state index in [9.17, 15) is 10.2 Å². The molecule has 0 bridgehead atoms. The number of aliphatic hydroxyl groups excluding tert-OH is 1. The predicted octanol–water partition coefficient (Wildman–Crippen LogP) is 2.84. The number of benzene rings is 2. The fraction of sp³-hybridized carbons (Fsp3) is 0.188. The number of hydrogen-bond donors (Lipinski definition) is 2. The van der Waals surface area contributed by atoms with Crippen LogP contribution in [0.25, 0.3) is 16.6 Å². The zero-order valence-corrected chi connectivity index (χ0v) is 11.5. The van der Waals surface area contributed by atoms with E-state index in [0.29, 0.717) is 0 Å². The van der Waals surface area contributed by atoms with Crippen LogP contribution in [0.2, 0.25) is 0 Å². The van der Waals surface area contributed by atoms with E-state index in [-0.39, 0.29) is 12.4 Å². The monoisotopic (exact) mass is 268 g/mol. The highest BCUT2D eigenvalue weighted by molar-refractivity contribution is 5.83. The number of phenolic OH excluding ortho intramolecular Hbond substituents is 1. The van der Waals surface area contributed by atoms with Crippen molar-refractivity contribution in [3.8, 4) is 11.4 Å². The maximum absolute atomic E-state index is 9.59. The summed E-state index contributed by atoms with van der Waals surface area (Å²) in [6.07, 6.45) is 0. The lowest BCUT2D eigenvalue weighted by molar-refractivity contribution is 0.281. The highest BCUT2D eigenvalue weighted by atomic mass is 16.3. The molecule has 2 N–H and O–H groups in total. The van der Waals surface area contributed by atoms with Crippen molar-refractivity contribution in [1.82, 2.24) is 9.78 Å². The minimum Gasteiger partial charge on any atom is -0.508 e. The van der Waals surface area contributed by atoms with Gasteiger partial charge >= 0.3 is 0 Å². The number of aromatic nitrogens is 2. The van der Waals surface area contributed by atoms with Crippen LogP contribution >= 0.6 is 0 Å². The molecule has 0 amide bonds. The summed E-state index contributed by atoms with van der Waals surface area (Å²) in [5.41, 5.74) is 4.57. The van der Waals surface area contributed by atoms with Gasteiger partial charge in [-0.15, -0.1) is 0 Å². The van der Waals surface area contributed by atoms with E-state index >= 15 is 0 Å². The molecule has 3 aromatic rings. The van der Waals surface area contributed by atoms with Gasteiger partial charge in [-0.2, -0.15) is 5.10 Å². The van der Waals surface area contributed by atoms with Crippen molar-refractivity contribution in [3.63, 3.8) is 0 Å². The molecule has 20 heavy (non-hydrogen) atoms. The molecule has 4 heteroatoms. The zero-order valence-electron chi connectivity index (χ0n) is 11.5. The van der Waals surface area contributed by atoms with E-state index in [2.05, 4.69) is 5.10 Å². The summed E-state index contributed by atoms with van der Waals surface area (Å²) in [4.78, 5) is 0. The summed E-state index contributed by atoms with van der Waals surface area (Å²) in [6, 6.07) is 11.0. The third-order valence-corrected chi connectivity index (χ3v) is 3.53. The molecule has 0 fully saturated rings. The van der Waals surface area contributed by atoms with Gasteiger partial charge in [0.2, 0.25) is 0 Å². The topological polar surface area (TPSA) is 58.3 Å². The Hall–Kier alpha value is -2.33. The molecule has 3 rings (SSSR count). The number of aliphatic hydroxyl groups is 1. The Labute approximate surface area is 116 Å². The van der Waals surface area contributed by atoms with Crippen LogP contribution in [-0.2, 0) is 6.61 Å². The number of rotatable bonds is 2. The lowest BCUT2D eigenvalue weighted by Crippen LogP contribution is -2.03. The molecule has 0 spiro atoms. The highest BCUT2D eigenvalue weighted by Crippen LogP contribution is 2.26. The van der Waals surface area contributed by atoms with Gasteiger partial charge in [0.1, 0.15) is 5.75 Å². The molecule has 0 aliphatic rings. The quantitative estimate of drug-likeness (QED) is 0.751. The standard InChI is InChI=1S/C16H16N2O2/c1-10-3-6-16(12(7-10)9-19)18-11(2)14-8-13(20)4-5-15(14)17-18/h3-8,19-20H,9H2,1-2H3. The molecule has 102 valence electrons. The first-order valence-corrected chi connectivity index (χ1v) is 6.49. The Kier molecular flexibility index (Phi) is 2.95. The van der Waals surface area contributed by atoms with Gasteiger partial charge in [-0.1, -0.05) is 17.7 Å². The van der Waals surface area contributed by atoms with Gasteiger partial charge in [0.05, 0.1) is 17.8 Å². The number of aryl methyl sites for hydroxylation is 2. The van der Waals surface area contributed by atoms with Crippen LogP contribution in [0.1, 0.15) is 16.8 Å². The summed E-state index contributed by atoms with van der Waals surface area (Å²) in [6.45, 7) is 3.92. The first-order valence-electron chi connectivity index (χ1n) is 6.49. The second kappa shape index (κ2) is 4.65. The maximum Gasteiger partial charge on any atom is 0.116 e. The van der Waals surface area contributed by atoms with Crippen LogP contribution in [0.4, 0.5) is 0 Å². The van der Waals surface area contributed by atoms with Crippen LogP contribution < -0.4 is 0 Å². The SMILES string of the molecule is Cc1ccc(-n2nc3ccc(O)cc3c2C)c(CO)c1. The molecule has 0 aliphatic heterocycles. The first-order chi connectivity index (χ1) is 9.60. The van der Waals surface area contributed by atoms with Crippen molar-refractivity contribution >= 4 is 10.9 Å². The first kappa shape index (κ1) is 12.7. The van der Waals surface area contributed by atoms with E-state index in [1.165, 1.54) is 0 Å². The highest BCUT2D eigenvalue weighted by Gasteiger charge is 2.12. The predicted molar refractivity (Wildman–Crippen MR) is 78.1 cm³/mol. The van der Waals surface area contributed by atoms with Crippen LogP contribution in [0.3, 0.4) is 0 Å². The Morgan fingerprint density at radius 1 is 1.10 bits per heavy atom. The summed E-state index contributed by atoms with van der Waals surface area (Å²) < 4.78 is 1.81. The van der Waals surface area contributed by atoms with E-state index in [4.69, 9.17) is 0 Å². The lowest BCUT2D eigenvalue weighted by Gasteiger charge is -2.10. The van der Waals surface area contributed by atoms with Crippen LogP contribution in [-0.4, -0.2) is 20.0 Å². The molecule has 4 nitrogen and oxygen atoms in total. The number of hydrogen-bond acceptors (Lipinski definition) is 3. The average molecular weight is 268 g/mol. The smallest absolute Gasteiger partial charge is 0.116 e. The minimum absolute atomic E-state index is 0.0299. The molecule has 0 atom stereocenters. The molecule has 0 aliphatic carbocycles. The number of phenols is 1. The molecule has 1 heterocycles. The van der Waals surface area contributed by atoms with Gasteiger partial charge in [0, 0.05) is 16.6 Å². The van der Waals surface area contributed by atoms with Crippen LogP contribution in [0.15, 0.2) is 36.4 Å². The normalized spacial score (nSPS) is 11.2. The summed E-state index contributed by atoms with van der Waals surface area (Å²) in [5.74, 6) is 0.228. The van der Waals surface area contributed by atoms with Crippen LogP contribution in [0, 0.1) is 13.8 Å². The summed E-state index contributed by atoms with van der Waals surface area (Å²) in [7, 11) is 0. The molecule has 0 radical (unpaired) electrons.